The quantitative estimate of drug-likeness (QED) is 0.881. The van der Waals surface area contributed by atoms with Gasteiger partial charge in [-0.15, -0.1) is 0 Å². The van der Waals surface area contributed by atoms with Crippen molar-refractivity contribution in [2.24, 2.45) is 7.05 Å². The number of amides is 2. The van der Waals surface area contributed by atoms with Crippen LogP contribution >= 0.6 is 0 Å². The summed E-state index contributed by atoms with van der Waals surface area (Å²) < 4.78 is 1.70. The van der Waals surface area contributed by atoms with Gasteiger partial charge in [0.25, 0.3) is 11.8 Å². The number of nitrogens with one attached hydrogen (secondary N) is 1. The van der Waals surface area contributed by atoms with Gasteiger partial charge < -0.3 is 19.9 Å². The molecule has 1 aromatic heterocycles. The molecule has 1 aliphatic heterocycles. The topological polar surface area (TPSA) is 91.6 Å². The summed E-state index contributed by atoms with van der Waals surface area (Å²) in [6, 6.07) is 9.27. The molecule has 0 bridgehead atoms. The zero-order chi connectivity index (χ0) is 18.7. The summed E-state index contributed by atoms with van der Waals surface area (Å²) >= 11 is 0. The first-order chi connectivity index (χ1) is 12.5. The molecule has 3 rings (SSSR count). The average molecular weight is 355 g/mol. The molecule has 0 saturated carbocycles. The van der Waals surface area contributed by atoms with Gasteiger partial charge in [-0.2, -0.15) is 0 Å². The highest BCUT2D eigenvalue weighted by atomic mass is 16.4. The number of aliphatic carboxylic acids is 1. The number of hydrogen-bond donors (Lipinski definition) is 2. The van der Waals surface area contributed by atoms with Crippen molar-refractivity contribution in [3.63, 3.8) is 0 Å². The van der Waals surface area contributed by atoms with Gasteiger partial charge >= 0.3 is 5.97 Å². The number of carbonyl (C=O) groups excluding carboxylic acids is 2. The van der Waals surface area contributed by atoms with Crippen molar-refractivity contribution in [2.75, 3.05) is 11.9 Å². The van der Waals surface area contributed by atoms with Crippen LogP contribution in [0.1, 0.15) is 40.1 Å². The molecule has 2 N–H and O–H groups in total. The molecule has 1 unspecified atom stereocenters. The highest BCUT2D eigenvalue weighted by Crippen LogP contribution is 2.21. The molecule has 2 amide bonds. The van der Waals surface area contributed by atoms with Gasteiger partial charge in [-0.3, -0.25) is 9.59 Å². The Labute approximate surface area is 151 Å². The molecule has 2 aromatic rings. The average Bonchev–Trinajstić information content (AvgIpc) is 3.07. The van der Waals surface area contributed by atoms with Gasteiger partial charge in [0.1, 0.15) is 11.7 Å². The Balaban J connectivity index is 1.78. The monoisotopic (exact) mass is 355 g/mol. The number of benzene rings is 1. The third-order valence-corrected chi connectivity index (χ3v) is 4.59. The van der Waals surface area contributed by atoms with E-state index in [1.54, 1.807) is 54.2 Å². The van der Waals surface area contributed by atoms with Crippen molar-refractivity contribution in [1.29, 1.82) is 0 Å². The summed E-state index contributed by atoms with van der Waals surface area (Å²) in [5.74, 6) is -1.58. The van der Waals surface area contributed by atoms with Crippen LogP contribution in [-0.2, 0) is 11.8 Å². The van der Waals surface area contributed by atoms with Gasteiger partial charge in [0.05, 0.1) is 0 Å². The van der Waals surface area contributed by atoms with E-state index in [0.29, 0.717) is 29.9 Å². The van der Waals surface area contributed by atoms with Crippen LogP contribution in [0.25, 0.3) is 0 Å². The fourth-order valence-corrected chi connectivity index (χ4v) is 3.22. The van der Waals surface area contributed by atoms with E-state index in [1.807, 2.05) is 0 Å². The number of aromatic nitrogens is 1. The summed E-state index contributed by atoms with van der Waals surface area (Å²) in [6.07, 6.45) is 3.83. The van der Waals surface area contributed by atoms with Gasteiger partial charge in [0.2, 0.25) is 0 Å². The van der Waals surface area contributed by atoms with E-state index in [0.717, 1.165) is 12.8 Å². The second kappa shape index (κ2) is 7.43. The van der Waals surface area contributed by atoms with E-state index in [4.69, 9.17) is 0 Å². The molecule has 0 spiro atoms. The summed E-state index contributed by atoms with van der Waals surface area (Å²) in [5.41, 5.74) is 1.36. The first-order valence-electron chi connectivity index (χ1n) is 8.54. The lowest BCUT2D eigenvalue weighted by molar-refractivity contribution is -0.143. The minimum atomic E-state index is -0.980. The Morgan fingerprint density at radius 1 is 1.15 bits per heavy atom. The largest absolute Gasteiger partial charge is 0.480 e. The van der Waals surface area contributed by atoms with Gasteiger partial charge in [-0.1, -0.05) is 6.07 Å². The number of anilines is 1. The second-order valence-electron chi connectivity index (χ2n) is 6.39. The molecule has 7 nitrogen and oxygen atoms in total. The van der Waals surface area contributed by atoms with Crippen LogP contribution in [-0.4, -0.2) is 44.9 Å². The Morgan fingerprint density at radius 3 is 2.65 bits per heavy atom. The molecule has 1 saturated heterocycles. The maximum absolute atomic E-state index is 12.8. The van der Waals surface area contributed by atoms with Crippen LogP contribution in [0.5, 0.6) is 0 Å². The molecular weight excluding hydrogens is 334 g/mol. The van der Waals surface area contributed by atoms with Gasteiger partial charge in [-0.25, -0.2) is 4.79 Å². The number of rotatable bonds is 4. The minimum absolute atomic E-state index is 0.275. The number of carboxylic acid groups (broad SMARTS) is 1. The van der Waals surface area contributed by atoms with E-state index in [-0.39, 0.29) is 11.8 Å². The van der Waals surface area contributed by atoms with Crippen molar-refractivity contribution in [3.05, 3.63) is 53.9 Å². The molecule has 7 heteroatoms. The summed E-state index contributed by atoms with van der Waals surface area (Å²) in [5, 5.41) is 12.1. The predicted octanol–water partition coefficient (Wildman–Crippen LogP) is 2.36. The van der Waals surface area contributed by atoms with Crippen LogP contribution < -0.4 is 5.32 Å². The van der Waals surface area contributed by atoms with Crippen LogP contribution in [0.4, 0.5) is 5.69 Å². The lowest BCUT2D eigenvalue weighted by Gasteiger charge is -2.33. The fraction of sp³-hybridized carbons (Fsp3) is 0.316. The van der Waals surface area contributed by atoms with E-state index < -0.39 is 12.0 Å². The lowest BCUT2D eigenvalue weighted by atomic mass is 10.0. The SMILES string of the molecule is Cn1cccc1C(=O)Nc1cccc(C(=O)N2CCCCC2C(=O)O)c1. The highest BCUT2D eigenvalue weighted by molar-refractivity contribution is 6.04. The minimum Gasteiger partial charge on any atom is -0.480 e. The smallest absolute Gasteiger partial charge is 0.326 e. The number of likely N-dealkylation sites (tertiary alicyclic amines) is 1. The number of nitrogens with zero attached hydrogens (tertiary/aromatic N) is 2. The molecule has 1 aromatic carbocycles. The van der Waals surface area contributed by atoms with E-state index in [2.05, 4.69) is 5.32 Å². The number of carboxylic acids is 1. The molecule has 1 aliphatic rings. The number of aryl methyl sites for hydroxylation is 1. The summed E-state index contributed by atoms with van der Waals surface area (Å²) in [6.45, 7) is 0.426. The van der Waals surface area contributed by atoms with Crippen molar-refractivity contribution in [1.82, 2.24) is 9.47 Å². The van der Waals surface area contributed by atoms with E-state index in [1.165, 1.54) is 4.90 Å². The lowest BCUT2D eigenvalue weighted by Crippen LogP contribution is -2.48. The highest BCUT2D eigenvalue weighted by Gasteiger charge is 2.32. The molecule has 26 heavy (non-hydrogen) atoms. The third-order valence-electron chi connectivity index (χ3n) is 4.59. The van der Waals surface area contributed by atoms with E-state index >= 15 is 0 Å². The van der Waals surface area contributed by atoms with Gasteiger partial charge in [-0.05, 0) is 49.6 Å². The number of carbonyl (C=O) groups is 3. The number of piperidine rings is 1. The summed E-state index contributed by atoms with van der Waals surface area (Å²) in [7, 11) is 1.78. The molecule has 1 atom stereocenters. The summed E-state index contributed by atoms with van der Waals surface area (Å²) in [4.78, 5) is 37.9. The standard InChI is InChI=1S/C19H21N3O4/c1-21-10-5-9-15(21)17(23)20-14-7-4-6-13(12-14)18(24)22-11-3-2-8-16(22)19(25)26/h4-7,9-10,12,16H,2-3,8,11H2,1H3,(H,20,23)(H,25,26). The Bertz CT molecular complexity index is 843. The third kappa shape index (κ3) is 3.61. The predicted molar refractivity (Wildman–Crippen MR) is 96.1 cm³/mol. The van der Waals surface area contributed by atoms with Crippen LogP contribution in [0.15, 0.2) is 42.6 Å². The maximum Gasteiger partial charge on any atom is 0.326 e. The first kappa shape index (κ1) is 17.7. The normalized spacial score (nSPS) is 17.0. The Hall–Kier alpha value is -3.09. The first-order valence-corrected chi connectivity index (χ1v) is 8.54. The molecule has 0 aliphatic carbocycles. The van der Waals surface area contributed by atoms with Crippen molar-refractivity contribution in [3.8, 4) is 0 Å². The molecular formula is C19H21N3O4. The molecule has 2 heterocycles. The second-order valence-corrected chi connectivity index (χ2v) is 6.39. The number of hydrogen-bond acceptors (Lipinski definition) is 3. The van der Waals surface area contributed by atoms with Crippen LogP contribution in [0, 0.1) is 0 Å². The van der Waals surface area contributed by atoms with Crippen molar-refractivity contribution in [2.45, 2.75) is 25.3 Å². The zero-order valence-corrected chi connectivity index (χ0v) is 14.5. The van der Waals surface area contributed by atoms with Gasteiger partial charge in [0, 0.05) is 31.0 Å². The van der Waals surface area contributed by atoms with E-state index in [9.17, 15) is 19.5 Å². The van der Waals surface area contributed by atoms with Crippen LogP contribution in [0.2, 0.25) is 0 Å². The van der Waals surface area contributed by atoms with Crippen molar-refractivity contribution < 1.29 is 19.5 Å². The van der Waals surface area contributed by atoms with Gasteiger partial charge in [0.15, 0.2) is 0 Å². The Morgan fingerprint density at radius 2 is 1.96 bits per heavy atom. The molecule has 1 fully saturated rings. The van der Waals surface area contributed by atoms with Crippen molar-refractivity contribution >= 4 is 23.5 Å². The fourth-order valence-electron chi connectivity index (χ4n) is 3.22. The zero-order valence-electron chi connectivity index (χ0n) is 14.5. The maximum atomic E-state index is 12.8. The molecule has 0 radical (unpaired) electrons. The Kier molecular flexibility index (Phi) is 5.06. The van der Waals surface area contributed by atoms with Crippen LogP contribution in [0.3, 0.4) is 0 Å². The molecule has 136 valence electrons.